The lowest BCUT2D eigenvalue weighted by Crippen LogP contribution is -2.41. The van der Waals surface area contributed by atoms with E-state index in [9.17, 15) is 19.2 Å². The normalized spacial score (nSPS) is 12.7. The van der Waals surface area contributed by atoms with Gasteiger partial charge in [-0.2, -0.15) is 0 Å². The number of hydrogen-bond acceptors (Lipinski definition) is 4. The molecule has 0 saturated heterocycles. The lowest BCUT2D eigenvalue weighted by molar-refractivity contribution is -0.121. The van der Waals surface area contributed by atoms with E-state index in [4.69, 9.17) is 0 Å². The summed E-state index contributed by atoms with van der Waals surface area (Å²) in [6, 6.07) is 18.2. The van der Waals surface area contributed by atoms with Crippen molar-refractivity contribution in [3.63, 3.8) is 0 Å². The van der Waals surface area contributed by atoms with Crippen molar-refractivity contribution in [2.45, 2.75) is 39.2 Å². The molecule has 0 bridgehead atoms. The predicted octanol–water partition coefficient (Wildman–Crippen LogP) is 4.27. The molecule has 174 valence electrons. The Morgan fingerprint density at radius 2 is 1.47 bits per heavy atom. The summed E-state index contributed by atoms with van der Waals surface area (Å²) >= 11 is 0. The zero-order chi connectivity index (χ0) is 24.1. The highest BCUT2D eigenvalue weighted by Crippen LogP contribution is 2.30. The summed E-state index contributed by atoms with van der Waals surface area (Å²) in [6.07, 6.45) is 1.85. The van der Waals surface area contributed by atoms with Crippen molar-refractivity contribution >= 4 is 40.1 Å². The Morgan fingerprint density at radius 1 is 0.824 bits per heavy atom. The van der Waals surface area contributed by atoms with Crippen molar-refractivity contribution < 1.29 is 19.2 Å². The third kappa shape index (κ3) is 4.98. The van der Waals surface area contributed by atoms with Gasteiger partial charge in [0.25, 0.3) is 11.8 Å². The molecule has 0 aromatic heterocycles. The van der Waals surface area contributed by atoms with Gasteiger partial charge in [-0.25, -0.2) is 0 Å². The summed E-state index contributed by atoms with van der Waals surface area (Å²) < 4.78 is 0. The van der Waals surface area contributed by atoms with Crippen molar-refractivity contribution in [2.75, 3.05) is 11.9 Å². The fraction of sp³-hybridized carbons (Fsp3) is 0.259. The molecule has 0 aliphatic carbocycles. The van der Waals surface area contributed by atoms with Gasteiger partial charge in [0.2, 0.25) is 11.8 Å². The quantitative estimate of drug-likeness (QED) is 0.469. The number of carbonyl (C=O) groups excluding carboxylic acids is 4. The molecular weight excluding hydrogens is 430 g/mol. The minimum Gasteiger partial charge on any atom is -0.352 e. The molecule has 4 rings (SSSR count). The first kappa shape index (κ1) is 23.2. The van der Waals surface area contributed by atoms with E-state index in [2.05, 4.69) is 10.6 Å². The minimum absolute atomic E-state index is 0.0191. The highest BCUT2D eigenvalue weighted by atomic mass is 16.2. The summed E-state index contributed by atoms with van der Waals surface area (Å²) in [5.74, 6) is -0.809. The zero-order valence-corrected chi connectivity index (χ0v) is 19.1. The minimum atomic E-state index is -0.319. The molecule has 1 heterocycles. The highest BCUT2D eigenvalue weighted by molar-refractivity contribution is 6.25. The summed E-state index contributed by atoms with van der Waals surface area (Å²) in [5, 5.41) is 7.25. The van der Waals surface area contributed by atoms with Gasteiger partial charge in [0.1, 0.15) is 0 Å². The maximum Gasteiger partial charge on any atom is 0.261 e. The summed E-state index contributed by atoms with van der Waals surface area (Å²) in [4.78, 5) is 51.0. The molecule has 0 spiro atoms. The Kier molecular flexibility index (Phi) is 7.01. The van der Waals surface area contributed by atoms with Crippen LogP contribution in [0.15, 0.2) is 60.7 Å². The summed E-state index contributed by atoms with van der Waals surface area (Å²) in [6.45, 7) is 2.49. The van der Waals surface area contributed by atoms with E-state index in [1.807, 2.05) is 43.3 Å². The van der Waals surface area contributed by atoms with Gasteiger partial charge in [-0.1, -0.05) is 43.3 Å². The number of hydrogen-bond donors (Lipinski definition) is 2. The Bertz CT molecular complexity index is 1200. The van der Waals surface area contributed by atoms with Crippen LogP contribution in [0.2, 0.25) is 0 Å². The van der Waals surface area contributed by atoms with Crippen LogP contribution in [0.3, 0.4) is 0 Å². The number of imide groups is 1. The standard InChI is InChI=1S/C27H27N3O4/c1-2-6-24(32)29-20-14-12-18(13-15-20)17-28-23(31)11-5-16-30-26(33)21-9-3-7-19-8-4-10-22(25(19)21)27(30)34/h3-4,7-10,12-15H,2,5-6,11,16-17H2,1H3,(H,28,31)(H,29,32). The van der Waals surface area contributed by atoms with Crippen molar-refractivity contribution in [2.24, 2.45) is 0 Å². The Labute approximate surface area is 198 Å². The van der Waals surface area contributed by atoms with Gasteiger partial charge in [0.15, 0.2) is 0 Å². The second-order valence-electron chi connectivity index (χ2n) is 8.35. The number of rotatable bonds is 9. The van der Waals surface area contributed by atoms with Crippen LogP contribution in [0.25, 0.3) is 10.8 Å². The summed E-state index contributed by atoms with van der Waals surface area (Å²) in [5.41, 5.74) is 2.67. The van der Waals surface area contributed by atoms with E-state index >= 15 is 0 Å². The van der Waals surface area contributed by atoms with Gasteiger partial charge in [0.05, 0.1) is 0 Å². The molecule has 0 saturated carbocycles. The molecule has 7 nitrogen and oxygen atoms in total. The van der Waals surface area contributed by atoms with Gasteiger partial charge in [-0.3, -0.25) is 24.1 Å². The van der Waals surface area contributed by atoms with Crippen LogP contribution in [0.5, 0.6) is 0 Å². The van der Waals surface area contributed by atoms with E-state index in [1.54, 1.807) is 24.3 Å². The SMILES string of the molecule is CCCC(=O)Nc1ccc(CNC(=O)CCCN2C(=O)c3cccc4cccc(c34)C2=O)cc1. The van der Waals surface area contributed by atoms with Crippen molar-refractivity contribution in [1.29, 1.82) is 0 Å². The maximum atomic E-state index is 12.9. The van der Waals surface area contributed by atoms with Crippen LogP contribution in [-0.2, 0) is 16.1 Å². The lowest BCUT2D eigenvalue weighted by atomic mass is 9.94. The number of nitrogens with one attached hydrogen (secondary N) is 2. The molecule has 2 N–H and O–H groups in total. The molecule has 0 atom stereocenters. The maximum absolute atomic E-state index is 12.9. The van der Waals surface area contributed by atoms with Crippen LogP contribution in [-0.4, -0.2) is 35.1 Å². The van der Waals surface area contributed by atoms with E-state index in [-0.39, 0.29) is 36.6 Å². The monoisotopic (exact) mass is 457 g/mol. The van der Waals surface area contributed by atoms with E-state index < -0.39 is 0 Å². The largest absolute Gasteiger partial charge is 0.352 e. The molecule has 1 aliphatic rings. The highest BCUT2D eigenvalue weighted by Gasteiger charge is 2.32. The van der Waals surface area contributed by atoms with Crippen LogP contribution in [0.1, 0.15) is 58.9 Å². The van der Waals surface area contributed by atoms with E-state index in [0.29, 0.717) is 35.9 Å². The number of amides is 4. The topological polar surface area (TPSA) is 95.6 Å². The third-order valence-corrected chi connectivity index (χ3v) is 5.85. The lowest BCUT2D eigenvalue weighted by Gasteiger charge is -2.27. The number of benzene rings is 3. The Hall–Kier alpha value is -4.00. The fourth-order valence-corrected chi connectivity index (χ4v) is 4.13. The van der Waals surface area contributed by atoms with E-state index in [1.165, 1.54) is 4.90 Å². The van der Waals surface area contributed by atoms with Crippen LogP contribution >= 0.6 is 0 Å². The summed E-state index contributed by atoms with van der Waals surface area (Å²) in [7, 11) is 0. The van der Waals surface area contributed by atoms with Gasteiger partial charge in [-0.05, 0) is 48.1 Å². The van der Waals surface area contributed by atoms with Crippen LogP contribution in [0.4, 0.5) is 5.69 Å². The zero-order valence-electron chi connectivity index (χ0n) is 19.1. The van der Waals surface area contributed by atoms with Gasteiger partial charge < -0.3 is 10.6 Å². The molecule has 3 aromatic carbocycles. The first-order chi connectivity index (χ1) is 16.5. The second-order valence-corrected chi connectivity index (χ2v) is 8.35. The average Bonchev–Trinajstić information content (AvgIpc) is 2.84. The molecule has 1 aliphatic heterocycles. The van der Waals surface area contributed by atoms with Gasteiger partial charge in [-0.15, -0.1) is 0 Å². The molecule has 3 aromatic rings. The molecule has 34 heavy (non-hydrogen) atoms. The molecular formula is C27H27N3O4. The molecule has 4 amide bonds. The fourth-order valence-electron chi connectivity index (χ4n) is 4.13. The predicted molar refractivity (Wildman–Crippen MR) is 130 cm³/mol. The number of anilines is 1. The third-order valence-electron chi connectivity index (χ3n) is 5.85. The van der Waals surface area contributed by atoms with Crippen molar-refractivity contribution in [3.05, 3.63) is 77.4 Å². The smallest absolute Gasteiger partial charge is 0.261 e. The van der Waals surface area contributed by atoms with Crippen molar-refractivity contribution in [1.82, 2.24) is 10.2 Å². The molecule has 7 heteroatoms. The first-order valence-corrected chi connectivity index (χ1v) is 11.5. The van der Waals surface area contributed by atoms with Gasteiger partial charge in [0, 0.05) is 48.1 Å². The first-order valence-electron chi connectivity index (χ1n) is 11.5. The van der Waals surface area contributed by atoms with Crippen LogP contribution < -0.4 is 10.6 Å². The van der Waals surface area contributed by atoms with Gasteiger partial charge >= 0.3 is 0 Å². The Balaban J connectivity index is 1.27. The molecule has 0 fully saturated rings. The molecule has 0 radical (unpaired) electrons. The number of carbonyl (C=O) groups is 4. The average molecular weight is 458 g/mol. The number of nitrogens with zero attached hydrogens (tertiary/aromatic N) is 1. The Morgan fingerprint density at radius 3 is 2.09 bits per heavy atom. The molecule has 0 unspecified atom stereocenters. The van der Waals surface area contributed by atoms with Crippen molar-refractivity contribution in [3.8, 4) is 0 Å². The van der Waals surface area contributed by atoms with E-state index in [0.717, 1.165) is 23.1 Å². The second kappa shape index (κ2) is 10.3. The van der Waals surface area contributed by atoms with Crippen LogP contribution in [0, 0.1) is 0 Å².